The zero-order valence-electron chi connectivity index (χ0n) is 13.3. The van der Waals surface area contributed by atoms with Gasteiger partial charge in [-0.25, -0.2) is 0 Å². The summed E-state index contributed by atoms with van der Waals surface area (Å²) in [4.78, 5) is 4.71. The Labute approximate surface area is 132 Å². The van der Waals surface area contributed by atoms with Crippen LogP contribution in [0.25, 0.3) is 0 Å². The third-order valence-electron chi connectivity index (χ3n) is 4.65. The molecule has 0 aliphatic heterocycles. The number of aliphatic hydroxyl groups excluding tert-OH is 1. The van der Waals surface area contributed by atoms with Gasteiger partial charge in [-0.2, -0.15) is 0 Å². The van der Waals surface area contributed by atoms with Gasteiger partial charge in [0.25, 0.3) is 0 Å². The van der Waals surface area contributed by atoms with Gasteiger partial charge in [-0.05, 0) is 42.0 Å². The molecule has 2 aromatic rings. The van der Waals surface area contributed by atoms with Crippen molar-refractivity contribution in [1.82, 2.24) is 10.3 Å². The first kappa shape index (κ1) is 15.2. The maximum absolute atomic E-state index is 10.0. The Morgan fingerprint density at radius 1 is 1.18 bits per heavy atom. The SMILES string of the molecule is CC(C)c1cccc(CNC2(CO)CCc3ccccc32)n1. The minimum Gasteiger partial charge on any atom is -0.394 e. The lowest BCUT2D eigenvalue weighted by Crippen LogP contribution is -2.43. The molecule has 0 fully saturated rings. The van der Waals surface area contributed by atoms with Crippen molar-refractivity contribution in [1.29, 1.82) is 0 Å². The van der Waals surface area contributed by atoms with Crippen molar-refractivity contribution in [2.45, 2.75) is 44.7 Å². The second-order valence-electron chi connectivity index (χ2n) is 6.46. The first-order valence-electron chi connectivity index (χ1n) is 8.05. The van der Waals surface area contributed by atoms with Gasteiger partial charge in [0.05, 0.1) is 17.8 Å². The molecule has 1 unspecified atom stereocenters. The number of aryl methyl sites for hydroxylation is 1. The summed E-state index contributed by atoms with van der Waals surface area (Å²) in [5.41, 5.74) is 4.39. The lowest BCUT2D eigenvalue weighted by Gasteiger charge is -2.30. The number of hydrogen-bond acceptors (Lipinski definition) is 3. The summed E-state index contributed by atoms with van der Waals surface area (Å²) in [6.07, 6.45) is 1.95. The second kappa shape index (κ2) is 6.19. The van der Waals surface area contributed by atoms with Crippen molar-refractivity contribution < 1.29 is 5.11 Å². The molecule has 116 valence electrons. The Balaban J connectivity index is 1.79. The Kier molecular flexibility index (Phi) is 4.27. The summed E-state index contributed by atoms with van der Waals surface area (Å²) < 4.78 is 0. The van der Waals surface area contributed by atoms with Crippen molar-refractivity contribution in [2.24, 2.45) is 0 Å². The van der Waals surface area contributed by atoms with Crippen LogP contribution >= 0.6 is 0 Å². The lowest BCUT2D eigenvalue weighted by atomic mass is 9.92. The Morgan fingerprint density at radius 3 is 2.77 bits per heavy atom. The summed E-state index contributed by atoms with van der Waals surface area (Å²) in [7, 11) is 0. The number of nitrogens with zero attached hydrogens (tertiary/aromatic N) is 1. The van der Waals surface area contributed by atoms with E-state index in [1.807, 2.05) is 12.1 Å². The van der Waals surface area contributed by atoms with Crippen LogP contribution in [0.1, 0.15) is 48.7 Å². The van der Waals surface area contributed by atoms with Gasteiger partial charge in [0, 0.05) is 12.2 Å². The van der Waals surface area contributed by atoms with E-state index in [2.05, 4.69) is 49.5 Å². The molecule has 1 heterocycles. The van der Waals surface area contributed by atoms with Gasteiger partial charge in [0.15, 0.2) is 0 Å². The number of aromatic nitrogens is 1. The highest BCUT2D eigenvalue weighted by Gasteiger charge is 2.37. The van der Waals surface area contributed by atoms with E-state index >= 15 is 0 Å². The summed E-state index contributed by atoms with van der Waals surface area (Å²) in [5.74, 6) is 0.430. The largest absolute Gasteiger partial charge is 0.394 e. The van der Waals surface area contributed by atoms with Crippen LogP contribution in [-0.2, 0) is 18.5 Å². The highest BCUT2D eigenvalue weighted by Crippen LogP contribution is 2.36. The minimum atomic E-state index is -0.327. The van der Waals surface area contributed by atoms with E-state index < -0.39 is 0 Å². The smallest absolute Gasteiger partial charge is 0.0678 e. The van der Waals surface area contributed by atoms with Gasteiger partial charge in [-0.3, -0.25) is 10.3 Å². The Hall–Kier alpha value is -1.71. The lowest BCUT2D eigenvalue weighted by molar-refractivity contribution is 0.158. The van der Waals surface area contributed by atoms with Crippen molar-refractivity contribution >= 4 is 0 Å². The zero-order valence-corrected chi connectivity index (χ0v) is 13.3. The predicted molar refractivity (Wildman–Crippen MR) is 88.7 cm³/mol. The molecule has 1 aromatic carbocycles. The summed E-state index contributed by atoms with van der Waals surface area (Å²) in [5, 5.41) is 13.6. The van der Waals surface area contributed by atoms with Gasteiger partial charge in [-0.15, -0.1) is 0 Å². The average molecular weight is 296 g/mol. The molecule has 22 heavy (non-hydrogen) atoms. The van der Waals surface area contributed by atoms with Crippen molar-refractivity contribution in [2.75, 3.05) is 6.61 Å². The van der Waals surface area contributed by atoms with Gasteiger partial charge >= 0.3 is 0 Å². The standard InChI is InChI=1S/C19H24N2O/c1-14(2)18-9-5-7-16(21-18)12-20-19(13-22)11-10-15-6-3-4-8-17(15)19/h3-9,14,20,22H,10-13H2,1-2H3. The van der Waals surface area contributed by atoms with E-state index in [1.165, 1.54) is 11.1 Å². The van der Waals surface area contributed by atoms with Crippen LogP contribution in [0.4, 0.5) is 0 Å². The summed E-state index contributed by atoms with van der Waals surface area (Å²) in [6.45, 7) is 5.10. The van der Waals surface area contributed by atoms with Crippen LogP contribution in [0, 0.1) is 0 Å². The molecule has 1 aromatic heterocycles. The van der Waals surface area contributed by atoms with Crippen LogP contribution in [0.2, 0.25) is 0 Å². The number of nitrogens with one attached hydrogen (secondary N) is 1. The first-order chi connectivity index (χ1) is 10.6. The number of fused-ring (bicyclic) bond motifs is 1. The van der Waals surface area contributed by atoms with E-state index in [0.29, 0.717) is 12.5 Å². The molecular weight excluding hydrogens is 272 g/mol. The monoisotopic (exact) mass is 296 g/mol. The van der Waals surface area contributed by atoms with E-state index in [0.717, 1.165) is 24.2 Å². The van der Waals surface area contributed by atoms with Crippen molar-refractivity contribution in [3.8, 4) is 0 Å². The number of rotatable bonds is 5. The van der Waals surface area contributed by atoms with E-state index in [4.69, 9.17) is 4.98 Å². The van der Waals surface area contributed by atoms with Gasteiger partial charge in [0.2, 0.25) is 0 Å². The zero-order chi connectivity index (χ0) is 15.6. The van der Waals surface area contributed by atoms with Crippen LogP contribution in [0.5, 0.6) is 0 Å². The highest BCUT2D eigenvalue weighted by atomic mass is 16.3. The van der Waals surface area contributed by atoms with Crippen molar-refractivity contribution in [3.63, 3.8) is 0 Å². The molecule has 1 atom stereocenters. The third kappa shape index (κ3) is 2.79. The highest BCUT2D eigenvalue weighted by molar-refractivity contribution is 5.39. The molecule has 0 amide bonds. The molecule has 3 heteroatoms. The molecule has 3 nitrogen and oxygen atoms in total. The minimum absolute atomic E-state index is 0.119. The molecule has 0 spiro atoms. The fraction of sp³-hybridized carbons (Fsp3) is 0.421. The molecule has 1 aliphatic rings. The molecule has 0 saturated carbocycles. The molecule has 0 radical (unpaired) electrons. The molecule has 3 rings (SSSR count). The maximum Gasteiger partial charge on any atom is 0.0678 e. The molecule has 0 saturated heterocycles. The summed E-state index contributed by atoms with van der Waals surface area (Å²) >= 11 is 0. The van der Waals surface area contributed by atoms with Gasteiger partial charge < -0.3 is 5.11 Å². The average Bonchev–Trinajstić information content (AvgIpc) is 2.93. The summed E-state index contributed by atoms with van der Waals surface area (Å²) in [6, 6.07) is 14.6. The number of aliphatic hydroxyl groups is 1. The van der Waals surface area contributed by atoms with Gasteiger partial charge in [-0.1, -0.05) is 44.2 Å². The maximum atomic E-state index is 10.0. The van der Waals surface area contributed by atoms with Crippen LogP contribution in [0.15, 0.2) is 42.5 Å². The Morgan fingerprint density at radius 2 is 2.00 bits per heavy atom. The Bertz CT molecular complexity index is 653. The van der Waals surface area contributed by atoms with Gasteiger partial charge in [0.1, 0.15) is 0 Å². The first-order valence-corrected chi connectivity index (χ1v) is 8.05. The van der Waals surface area contributed by atoms with Crippen LogP contribution < -0.4 is 5.32 Å². The van der Waals surface area contributed by atoms with Crippen molar-refractivity contribution in [3.05, 3.63) is 65.0 Å². The fourth-order valence-electron chi connectivity index (χ4n) is 3.27. The van der Waals surface area contributed by atoms with E-state index in [1.54, 1.807) is 0 Å². The normalized spacial score (nSPS) is 20.4. The molecule has 0 bridgehead atoms. The number of hydrogen-bond donors (Lipinski definition) is 2. The molecule has 2 N–H and O–H groups in total. The third-order valence-corrected chi connectivity index (χ3v) is 4.65. The van der Waals surface area contributed by atoms with Crippen LogP contribution in [0.3, 0.4) is 0 Å². The fourth-order valence-corrected chi connectivity index (χ4v) is 3.27. The molecular formula is C19H24N2O. The molecule has 1 aliphatic carbocycles. The predicted octanol–water partition coefficient (Wildman–Crippen LogP) is 3.13. The quantitative estimate of drug-likeness (QED) is 0.891. The topological polar surface area (TPSA) is 45.1 Å². The van der Waals surface area contributed by atoms with Crippen LogP contribution in [-0.4, -0.2) is 16.7 Å². The number of pyridine rings is 1. The second-order valence-corrected chi connectivity index (χ2v) is 6.46. The van der Waals surface area contributed by atoms with E-state index in [9.17, 15) is 5.11 Å². The van der Waals surface area contributed by atoms with E-state index in [-0.39, 0.29) is 12.1 Å². The number of benzene rings is 1.